The molecule has 0 saturated heterocycles. The Morgan fingerprint density at radius 1 is 1.04 bits per heavy atom. The smallest absolute Gasteiger partial charge is 0.338 e. The van der Waals surface area contributed by atoms with E-state index in [-0.39, 0.29) is 53.1 Å². The lowest BCUT2D eigenvalue weighted by atomic mass is 9.59. The number of carbonyl (C=O) groups is 3. The van der Waals surface area contributed by atoms with Crippen molar-refractivity contribution < 1.29 is 52.6 Å². The van der Waals surface area contributed by atoms with Gasteiger partial charge in [0.15, 0.2) is 23.4 Å². The van der Waals surface area contributed by atoms with Gasteiger partial charge in [-0.15, -0.1) is 0 Å². The molecule has 0 amide bonds. The van der Waals surface area contributed by atoms with Crippen molar-refractivity contribution in [1.82, 2.24) is 0 Å². The van der Waals surface area contributed by atoms with E-state index in [1.165, 1.54) is 21.1 Å². The Balaban J connectivity index is 1.67. The zero-order valence-electron chi connectivity index (χ0n) is 25.8. The molecule has 2 aliphatic carbocycles. The largest absolute Gasteiger partial charge is 0.493 e. The van der Waals surface area contributed by atoms with Crippen LogP contribution >= 0.6 is 0 Å². The van der Waals surface area contributed by atoms with E-state index in [0.717, 1.165) is 0 Å². The maximum absolute atomic E-state index is 14.7. The van der Waals surface area contributed by atoms with Gasteiger partial charge >= 0.3 is 11.9 Å². The second-order valence-electron chi connectivity index (χ2n) is 11.6. The fraction of sp³-hybridized carbons (Fsp3) is 0.382. The Labute approximate surface area is 259 Å². The van der Waals surface area contributed by atoms with Crippen molar-refractivity contribution in [3.8, 4) is 17.2 Å². The summed E-state index contributed by atoms with van der Waals surface area (Å²) in [4.78, 5) is 41.7. The topological polar surface area (TPSA) is 136 Å². The molecule has 11 heteroatoms. The lowest BCUT2D eigenvalue weighted by molar-refractivity contribution is -0.169. The van der Waals surface area contributed by atoms with E-state index >= 15 is 0 Å². The van der Waals surface area contributed by atoms with Crippen molar-refractivity contribution >= 4 is 17.7 Å². The number of fused-ring (bicyclic) bond motifs is 2. The average molecular weight is 619 g/mol. The van der Waals surface area contributed by atoms with E-state index in [0.29, 0.717) is 16.9 Å². The minimum Gasteiger partial charge on any atom is -0.493 e. The van der Waals surface area contributed by atoms with Gasteiger partial charge in [0, 0.05) is 22.6 Å². The molecule has 0 bridgehead atoms. The molecule has 2 aromatic rings. The van der Waals surface area contributed by atoms with Gasteiger partial charge in [0.1, 0.15) is 23.7 Å². The summed E-state index contributed by atoms with van der Waals surface area (Å²) in [7, 11) is 2.73. The molecule has 1 N–H and O–H groups in total. The predicted molar refractivity (Wildman–Crippen MR) is 158 cm³/mol. The number of benzene rings is 2. The van der Waals surface area contributed by atoms with Gasteiger partial charge in [-0.25, -0.2) is 9.59 Å². The SMILES string of the molecule is CC=C(C)C(=O)OC1C2=CC(OC)=C(OC)C(=O)C23COc2c4c(cc(c23)C(OC(=O)c2ccccc2)C(C)C1(C)O)OCO4. The summed E-state index contributed by atoms with van der Waals surface area (Å²) in [5.41, 5.74) is -2.13. The van der Waals surface area contributed by atoms with Crippen LogP contribution in [0.2, 0.25) is 0 Å². The van der Waals surface area contributed by atoms with Crippen molar-refractivity contribution in [2.75, 3.05) is 27.6 Å². The highest BCUT2D eigenvalue weighted by Crippen LogP contribution is 2.62. The number of rotatable bonds is 6. The molecule has 2 aliphatic heterocycles. The molecular formula is C34H34O11. The first-order chi connectivity index (χ1) is 21.5. The summed E-state index contributed by atoms with van der Waals surface area (Å²) in [6.45, 7) is 6.08. The van der Waals surface area contributed by atoms with E-state index in [2.05, 4.69) is 0 Å². The molecule has 5 atom stereocenters. The Morgan fingerprint density at radius 2 is 1.78 bits per heavy atom. The number of ether oxygens (including phenoxy) is 7. The molecule has 11 nitrogen and oxygen atoms in total. The number of hydrogen-bond donors (Lipinski definition) is 1. The first-order valence-corrected chi connectivity index (χ1v) is 14.5. The third-order valence-electron chi connectivity index (χ3n) is 9.25. The number of Topliss-reactive ketones (excluding diaryl/α,β-unsaturated/α-hetero) is 1. The third kappa shape index (κ3) is 4.40. The van der Waals surface area contributed by atoms with Crippen LogP contribution < -0.4 is 14.2 Å². The number of allylic oxidation sites excluding steroid dienone is 3. The highest BCUT2D eigenvalue weighted by Gasteiger charge is 2.64. The molecule has 236 valence electrons. The van der Waals surface area contributed by atoms with Gasteiger partial charge in [-0.2, -0.15) is 0 Å². The van der Waals surface area contributed by atoms with E-state index < -0.39 is 46.9 Å². The monoisotopic (exact) mass is 618 g/mol. The molecule has 0 fully saturated rings. The molecule has 45 heavy (non-hydrogen) atoms. The zero-order chi connectivity index (χ0) is 32.3. The average Bonchev–Trinajstić information content (AvgIpc) is 3.68. The number of aliphatic hydroxyl groups is 1. The standard InChI is InChI=1S/C34H34O11/c1-7-17(2)31(36)45-30-21-14-22(39-5)27(40-6)29(35)34(21)15-41-28-24(34)20(13-23-26(28)43-16-42-23)25(18(3)33(30,4)38)44-32(37)19-11-9-8-10-12-19/h7-14,18,25,30,38H,15-16H2,1-6H3. The van der Waals surface area contributed by atoms with Gasteiger partial charge in [0.25, 0.3) is 0 Å². The molecule has 5 unspecified atom stereocenters. The molecule has 2 heterocycles. The fourth-order valence-corrected chi connectivity index (χ4v) is 6.46. The summed E-state index contributed by atoms with van der Waals surface area (Å²) < 4.78 is 41.2. The summed E-state index contributed by atoms with van der Waals surface area (Å²) >= 11 is 0. The Kier molecular flexibility index (Phi) is 7.39. The maximum Gasteiger partial charge on any atom is 0.338 e. The highest BCUT2D eigenvalue weighted by molar-refractivity contribution is 6.09. The van der Waals surface area contributed by atoms with Crippen molar-refractivity contribution in [1.29, 1.82) is 0 Å². The third-order valence-corrected chi connectivity index (χ3v) is 9.25. The van der Waals surface area contributed by atoms with Crippen LogP contribution in [0, 0.1) is 5.92 Å². The second kappa shape index (κ2) is 11.0. The van der Waals surface area contributed by atoms with Crippen LogP contribution in [0.1, 0.15) is 55.3 Å². The maximum atomic E-state index is 14.7. The van der Waals surface area contributed by atoms with Crippen LogP contribution in [0.25, 0.3) is 0 Å². The second-order valence-corrected chi connectivity index (χ2v) is 11.6. The molecular weight excluding hydrogens is 584 g/mol. The van der Waals surface area contributed by atoms with Crippen molar-refractivity contribution in [2.45, 2.75) is 50.9 Å². The van der Waals surface area contributed by atoms with Gasteiger partial charge in [0.05, 0.1) is 19.8 Å². The van der Waals surface area contributed by atoms with Gasteiger partial charge in [-0.1, -0.05) is 31.2 Å². The summed E-state index contributed by atoms with van der Waals surface area (Å²) in [6, 6.07) is 10.1. The van der Waals surface area contributed by atoms with Crippen LogP contribution in [-0.2, 0) is 34.0 Å². The Bertz CT molecular complexity index is 1680. The zero-order valence-corrected chi connectivity index (χ0v) is 25.8. The van der Waals surface area contributed by atoms with E-state index in [4.69, 9.17) is 33.2 Å². The Morgan fingerprint density at radius 3 is 2.44 bits per heavy atom. The molecule has 4 aliphatic rings. The molecule has 0 saturated carbocycles. The fourth-order valence-electron chi connectivity index (χ4n) is 6.46. The van der Waals surface area contributed by atoms with Gasteiger partial charge in [0.2, 0.25) is 24.1 Å². The van der Waals surface area contributed by atoms with Gasteiger partial charge < -0.3 is 38.3 Å². The lowest BCUT2D eigenvalue weighted by Crippen LogP contribution is -2.59. The number of esters is 2. The van der Waals surface area contributed by atoms with Crippen molar-refractivity contribution in [3.63, 3.8) is 0 Å². The van der Waals surface area contributed by atoms with E-state index in [1.54, 1.807) is 69.3 Å². The molecule has 0 aromatic heterocycles. The van der Waals surface area contributed by atoms with Crippen LogP contribution in [0.5, 0.6) is 17.2 Å². The number of ketones is 1. The first kappa shape index (κ1) is 30.3. The van der Waals surface area contributed by atoms with Crippen molar-refractivity contribution in [3.05, 3.63) is 87.9 Å². The van der Waals surface area contributed by atoms with E-state index in [1.807, 2.05) is 0 Å². The molecule has 6 rings (SSSR count). The molecule has 0 radical (unpaired) electrons. The Hall–Kier alpha value is -4.77. The lowest BCUT2D eigenvalue weighted by Gasteiger charge is -2.48. The number of carbonyl (C=O) groups excluding carboxylic acids is 3. The number of hydrogen-bond acceptors (Lipinski definition) is 11. The quantitative estimate of drug-likeness (QED) is 0.368. The molecule has 2 aromatic carbocycles. The highest BCUT2D eigenvalue weighted by atomic mass is 16.7. The summed E-state index contributed by atoms with van der Waals surface area (Å²) in [5, 5.41) is 12.5. The normalized spacial score (nSPS) is 28.2. The van der Waals surface area contributed by atoms with Gasteiger partial charge in [-0.05, 0) is 50.6 Å². The summed E-state index contributed by atoms with van der Waals surface area (Å²) in [5.74, 6) is -2.03. The van der Waals surface area contributed by atoms with Crippen LogP contribution in [0.4, 0.5) is 0 Å². The minimum atomic E-state index is -1.93. The van der Waals surface area contributed by atoms with Crippen LogP contribution in [0.15, 0.2) is 71.2 Å². The van der Waals surface area contributed by atoms with Crippen molar-refractivity contribution in [2.24, 2.45) is 5.92 Å². The molecule has 1 spiro atoms. The van der Waals surface area contributed by atoms with Crippen LogP contribution in [0.3, 0.4) is 0 Å². The predicted octanol–water partition coefficient (Wildman–Crippen LogP) is 4.24. The van der Waals surface area contributed by atoms with Gasteiger partial charge in [-0.3, -0.25) is 4.79 Å². The minimum absolute atomic E-state index is 0.0822. The first-order valence-electron chi connectivity index (χ1n) is 14.5. The summed E-state index contributed by atoms with van der Waals surface area (Å²) in [6.07, 6.45) is 0.522. The van der Waals surface area contributed by atoms with E-state index in [9.17, 15) is 19.5 Å². The van der Waals surface area contributed by atoms with Crippen LogP contribution in [-0.4, -0.2) is 62.2 Å². The number of methoxy groups -OCH3 is 2.